The number of nitrogens with zero attached hydrogens (tertiary/aromatic N) is 5. The first kappa shape index (κ1) is 24.0. The van der Waals surface area contributed by atoms with E-state index in [4.69, 9.17) is 27.1 Å². The lowest BCUT2D eigenvalue weighted by atomic mass is 10.1. The summed E-state index contributed by atoms with van der Waals surface area (Å²) in [5.41, 5.74) is 8.56. The van der Waals surface area contributed by atoms with Crippen LogP contribution in [0.2, 0.25) is 5.02 Å². The maximum absolute atomic E-state index is 12.6. The molecular formula is C25H31ClN6O2. The lowest BCUT2D eigenvalue weighted by Gasteiger charge is -2.35. The van der Waals surface area contributed by atoms with Gasteiger partial charge in [0.15, 0.2) is 12.4 Å². The van der Waals surface area contributed by atoms with Gasteiger partial charge in [-0.3, -0.25) is 4.79 Å². The normalized spacial score (nSPS) is 13.9. The minimum atomic E-state index is -0.0471. The van der Waals surface area contributed by atoms with Crippen LogP contribution in [0.15, 0.2) is 36.4 Å². The predicted octanol–water partition coefficient (Wildman–Crippen LogP) is 4.11. The SMILES string of the molecule is CCCCCCc1ccc2nc(N)nc(N3CCN(C(=O)COc4ccc(Cl)cc4)CC3)c2n1. The molecule has 0 spiro atoms. The Hall–Kier alpha value is -3.13. The van der Waals surface area contributed by atoms with E-state index >= 15 is 0 Å². The van der Waals surface area contributed by atoms with Crippen LogP contribution in [0, 0.1) is 0 Å². The highest BCUT2D eigenvalue weighted by Gasteiger charge is 2.24. The lowest BCUT2D eigenvalue weighted by Crippen LogP contribution is -2.50. The third-order valence-electron chi connectivity index (χ3n) is 5.99. The monoisotopic (exact) mass is 482 g/mol. The van der Waals surface area contributed by atoms with Gasteiger partial charge in [0.1, 0.15) is 11.3 Å². The van der Waals surface area contributed by atoms with Crippen molar-refractivity contribution in [3.05, 3.63) is 47.1 Å². The second-order valence-electron chi connectivity index (χ2n) is 8.50. The summed E-state index contributed by atoms with van der Waals surface area (Å²) < 4.78 is 5.61. The third-order valence-corrected chi connectivity index (χ3v) is 6.25. The molecule has 1 amide bonds. The van der Waals surface area contributed by atoms with Crippen molar-refractivity contribution in [2.45, 2.75) is 39.0 Å². The van der Waals surface area contributed by atoms with Gasteiger partial charge in [0.25, 0.3) is 5.91 Å². The summed E-state index contributed by atoms with van der Waals surface area (Å²) in [5, 5.41) is 0.630. The molecule has 1 saturated heterocycles. The van der Waals surface area contributed by atoms with Crippen LogP contribution in [0.3, 0.4) is 0 Å². The first-order valence-corrected chi connectivity index (χ1v) is 12.3. The number of halogens is 1. The summed E-state index contributed by atoms with van der Waals surface area (Å²) in [7, 11) is 0. The predicted molar refractivity (Wildman–Crippen MR) is 135 cm³/mol. The number of amides is 1. The molecule has 34 heavy (non-hydrogen) atoms. The summed E-state index contributed by atoms with van der Waals surface area (Å²) in [6, 6.07) is 11.0. The van der Waals surface area contributed by atoms with Crippen molar-refractivity contribution >= 4 is 40.3 Å². The number of hydrogen-bond donors (Lipinski definition) is 1. The molecule has 0 unspecified atom stereocenters. The van der Waals surface area contributed by atoms with Gasteiger partial charge >= 0.3 is 0 Å². The van der Waals surface area contributed by atoms with Crippen LogP contribution in [-0.4, -0.2) is 58.5 Å². The summed E-state index contributed by atoms with van der Waals surface area (Å²) in [6.07, 6.45) is 5.72. The van der Waals surface area contributed by atoms with Gasteiger partial charge in [-0.15, -0.1) is 0 Å². The van der Waals surface area contributed by atoms with Gasteiger partial charge in [0.2, 0.25) is 5.95 Å². The smallest absolute Gasteiger partial charge is 0.260 e. The highest BCUT2D eigenvalue weighted by molar-refractivity contribution is 6.30. The average molecular weight is 483 g/mol. The molecule has 2 N–H and O–H groups in total. The van der Waals surface area contributed by atoms with Gasteiger partial charge in [-0.1, -0.05) is 37.8 Å². The lowest BCUT2D eigenvalue weighted by molar-refractivity contribution is -0.133. The standard InChI is InChI=1S/C25H31ClN6O2/c1-2-3-4-5-6-19-9-12-21-23(28-19)24(30-25(27)29-21)32-15-13-31(14-16-32)22(33)17-34-20-10-7-18(26)8-11-20/h7-12H,2-6,13-17H2,1H3,(H2,27,29,30). The van der Waals surface area contributed by atoms with Crippen molar-refractivity contribution in [1.29, 1.82) is 0 Å². The van der Waals surface area contributed by atoms with E-state index in [1.807, 2.05) is 17.0 Å². The van der Waals surface area contributed by atoms with E-state index in [2.05, 4.69) is 21.8 Å². The van der Waals surface area contributed by atoms with Crippen LogP contribution in [0.4, 0.5) is 11.8 Å². The molecule has 1 aliphatic heterocycles. The molecular weight excluding hydrogens is 452 g/mol. The molecule has 2 aromatic heterocycles. The zero-order valence-corrected chi connectivity index (χ0v) is 20.3. The quantitative estimate of drug-likeness (QED) is 0.458. The molecule has 1 aromatic carbocycles. The molecule has 1 fully saturated rings. The molecule has 8 nitrogen and oxygen atoms in total. The van der Waals surface area contributed by atoms with E-state index < -0.39 is 0 Å². The minimum Gasteiger partial charge on any atom is -0.484 e. The van der Waals surface area contributed by atoms with Gasteiger partial charge < -0.3 is 20.3 Å². The van der Waals surface area contributed by atoms with Crippen LogP contribution in [0.5, 0.6) is 5.75 Å². The Bertz CT molecular complexity index is 1120. The number of ether oxygens (including phenoxy) is 1. The van der Waals surface area contributed by atoms with Crippen LogP contribution in [-0.2, 0) is 11.2 Å². The number of fused-ring (bicyclic) bond motifs is 1. The van der Waals surface area contributed by atoms with Crippen molar-refractivity contribution in [2.24, 2.45) is 0 Å². The molecule has 4 rings (SSSR count). The number of carbonyl (C=O) groups excluding carboxylic acids is 1. The van der Waals surface area contributed by atoms with Crippen molar-refractivity contribution in [3.63, 3.8) is 0 Å². The van der Waals surface area contributed by atoms with Gasteiger partial charge in [-0.05, 0) is 49.2 Å². The van der Waals surface area contributed by atoms with Gasteiger partial charge in [0.05, 0.1) is 5.52 Å². The van der Waals surface area contributed by atoms with E-state index in [0.717, 1.165) is 35.4 Å². The zero-order chi connectivity index (χ0) is 23.9. The number of hydrogen-bond acceptors (Lipinski definition) is 7. The number of anilines is 2. The second kappa shape index (κ2) is 11.3. The highest BCUT2D eigenvalue weighted by atomic mass is 35.5. The van der Waals surface area contributed by atoms with E-state index in [1.165, 1.54) is 19.3 Å². The molecule has 1 aliphatic rings. The summed E-state index contributed by atoms with van der Waals surface area (Å²) in [6.45, 7) is 4.63. The second-order valence-corrected chi connectivity index (χ2v) is 8.93. The van der Waals surface area contributed by atoms with Crippen LogP contribution in [0.1, 0.15) is 38.3 Å². The topological polar surface area (TPSA) is 97.5 Å². The van der Waals surface area contributed by atoms with Gasteiger partial charge in [-0.25, -0.2) is 9.97 Å². The number of unbranched alkanes of at least 4 members (excludes halogenated alkanes) is 3. The summed E-state index contributed by atoms with van der Waals surface area (Å²) in [4.78, 5) is 30.4. The number of nitrogen functional groups attached to an aromatic ring is 1. The van der Waals surface area contributed by atoms with E-state index in [9.17, 15) is 4.79 Å². The summed E-state index contributed by atoms with van der Waals surface area (Å²) in [5.74, 6) is 1.54. The number of piperazine rings is 1. The Labute approximate surface area is 205 Å². The largest absolute Gasteiger partial charge is 0.484 e. The number of carbonyl (C=O) groups is 1. The molecule has 9 heteroatoms. The number of pyridine rings is 1. The molecule has 0 aliphatic carbocycles. The fourth-order valence-electron chi connectivity index (χ4n) is 4.08. The van der Waals surface area contributed by atoms with Crippen molar-refractivity contribution < 1.29 is 9.53 Å². The molecule has 0 atom stereocenters. The Kier molecular flexibility index (Phi) is 8.00. The zero-order valence-electron chi connectivity index (χ0n) is 19.5. The molecule has 0 saturated carbocycles. The van der Waals surface area contributed by atoms with E-state index in [-0.39, 0.29) is 18.5 Å². The Morgan fingerprint density at radius 2 is 1.76 bits per heavy atom. The summed E-state index contributed by atoms with van der Waals surface area (Å²) >= 11 is 5.89. The Morgan fingerprint density at radius 1 is 1.00 bits per heavy atom. The molecule has 0 radical (unpaired) electrons. The van der Waals surface area contributed by atoms with Crippen molar-refractivity contribution in [2.75, 3.05) is 43.4 Å². The maximum Gasteiger partial charge on any atom is 0.260 e. The molecule has 0 bridgehead atoms. The number of rotatable bonds is 9. The fraction of sp³-hybridized carbons (Fsp3) is 0.440. The highest BCUT2D eigenvalue weighted by Crippen LogP contribution is 2.25. The minimum absolute atomic E-state index is 0.00599. The Balaban J connectivity index is 1.39. The van der Waals surface area contributed by atoms with E-state index in [0.29, 0.717) is 37.0 Å². The Morgan fingerprint density at radius 3 is 2.50 bits per heavy atom. The fourth-order valence-corrected chi connectivity index (χ4v) is 4.21. The number of aromatic nitrogens is 3. The van der Waals surface area contributed by atoms with Crippen LogP contribution >= 0.6 is 11.6 Å². The number of aryl methyl sites for hydroxylation is 1. The number of benzene rings is 1. The maximum atomic E-state index is 12.6. The molecule has 3 aromatic rings. The molecule has 3 heterocycles. The first-order chi connectivity index (χ1) is 16.5. The van der Waals surface area contributed by atoms with Crippen molar-refractivity contribution in [1.82, 2.24) is 19.9 Å². The van der Waals surface area contributed by atoms with Gasteiger partial charge in [0, 0.05) is 36.9 Å². The first-order valence-electron chi connectivity index (χ1n) is 11.9. The van der Waals surface area contributed by atoms with Crippen molar-refractivity contribution in [3.8, 4) is 5.75 Å². The van der Waals surface area contributed by atoms with Crippen LogP contribution < -0.4 is 15.4 Å². The molecule has 180 valence electrons. The van der Waals surface area contributed by atoms with E-state index in [1.54, 1.807) is 24.3 Å². The average Bonchev–Trinajstić information content (AvgIpc) is 2.86. The number of nitrogens with two attached hydrogens (primary N) is 1. The third kappa shape index (κ3) is 6.05. The van der Waals surface area contributed by atoms with Crippen LogP contribution in [0.25, 0.3) is 11.0 Å². The van der Waals surface area contributed by atoms with Gasteiger partial charge in [-0.2, -0.15) is 4.98 Å².